The first-order chi connectivity index (χ1) is 15.5. The zero-order valence-corrected chi connectivity index (χ0v) is 19.4. The van der Waals surface area contributed by atoms with Gasteiger partial charge in [-0.2, -0.15) is 5.10 Å². The third-order valence-electron chi connectivity index (χ3n) is 7.43. The summed E-state index contributed by atoms with van der Waals surface area (Å²) in [5.41, 5.74) is 4.19. The molecular weight excluding hydrogens is 404 g/mol. The second-order valence-corrected chi connectivity index (χ2v) is 9.58. The van der Waals surface area contributed by atoms with Crippen LogP contribution in [0.4, 0.5) is 10.5 Å². The SMILES string of the molecule is COC(=O)N1c2ccc(-c3cnn(C4CCN(C)CC4)c3)c(OC3CCC3)c2CCC1C. The van der Waals surface area contributed by atoms with Gasteiger partial charge in [-0.3, -0.25) is 9.58 Å². The number of hydrogen-bond acceptors (Lipinski definition) is 5. The highest BCUT2D eigenvalue weighted by molar-refractivity contribution is 5.92. The highest BCUT2D eigenvalue weighted by Crippen LogP contribution is 2.45. The lowest BCUT2D eigenvalue weighted by Crippen LogP contribution is -2.42. The van der Waals surface area contributed by atoms with Crippen molar-refractivity contribution < 1.29 is 14.3 Å². The monoisotopic (exact) mass is 438 g/mol. The smallest absolute Gasteiger partial charge is 0.414 e. The number of anilines is 1. The molecule has 0 radical (unpaired) electrons. The Morgan fingerprint density at radius 3 is 2.59 bits per heavy atom. The molecule has 1 atom stereocenters. The number of nitrogens with zero attached hydrogens (tertiary/aromatic N) is 4. The highest BCUT2D eigenvalue weighted by atomic mass is 16.5. The van der Waals surface area contributed by atoms with E-state index in [1.807, 2.05) is 6.20 Å². The Labute approximate surface area is 190 Å². The Balaban J connectivity index is 1.52. The van der Waals surface area contributed by atoms with Gasteiger partial charge in [-0.1, -0.05) is 0 Å². The van der Waals surface area contributed by atoms with Gasteiger partial charge < -0.3 is 14.4 Å². The number of fused-ring (bicyclic) bond motifs is 1. The lowest BCUT2D eigenvalue weighted by Gasteiger charge is -2.37. The van der Waals surface area contributed by atoms with Crippen LogP contribution in [0.3, 0.4) is 0 Å². The molecule has 32 heavy (non-hydrogen) atoms. The molecule has 2 aliphatic heterocycles. The van der Waals surface area contributed by atoms with Crippen LogP contribution in [0.5, 0.6) is 5.75 Å². The molecule has 7 heteroatoms. The molecular formula is C25H34N4O3. The van der Waals surface area contributed by atoms with Gasteiger partial charge in [0, 0.05) is 28.9 Å². The summed E-state index contributed by atoms with van der Waals surface area (Å²) < 4.78 is 13.8. The maximum atomic E-state index is 12.5. The molecule has 0 N–H and O–H groups in total. The van der Waals surface area contributed by atoms with E-state index in [0.29, 0.717) is 6.04 Å². The topological polar surface area (TPSA) is 59.8 Å². The molecule has 2 fully saturated rings. The van der Waals surface area contributed by atoms with Crippen LogP contribution in [-0.2, 0) is 11.2 Å². The van der Waals surface area contributed by atoms with Crippen LogP contribution in [0, 0.1) is 0 Å². The molecule has 1 unspecified atom stereocenters. The van der Waals surface area contributed by atoms with Gasteiger partial charge in [-0.15, -0.1) is 0 Å². The van der Waals surface area contributed by atoms with Gasteiger partial charge in [-0.05, 0) is 84.1 Å². The standard InChI is InChI=1S/C25H34N4O3/c1-17-7-8-22-23(29(17)25(30)31-3)10-9-21(24(22)32-20-5-4-6-20)18-15-26-28(16-18)19-11-13-27(2)14-12-19/h9-10,15-17,19-20H,4-8,11-14H2,1-3H3. The quantitative estimate of drug-likeness (QED) is 0.695. The third kappa shape index (κ3) is 3.87. The van der Waals surface area contributed by atoms with Gasteiger partial charge in [0.2, 0.25) is 0 Å². The summed E-state index contributed by atoms with van der Waals surface area (Å²) in [5, 5.41) is 4.73. The van der Waals surface area contributed by atoms with E-state index in [9.17, 15) is 4.79 Å². The van der Waals surface area contributed by atoms with Crippen LogP contribution in [0.15, 0.2) is 24.5 Å². The van der Waals surface area contributed by atoms with Crippen molar-refractivity contribution in [1.29, 1.82) is 0 Å². The van der Waals surface area contributed by atoms with E-state index < -0.39 is 0 Å². The van der Waals surface area contributed by atoms with Crippen molar-refractivity contribution in [1.82, 2.24) is 14.7 Å². The van der Waals surface area contributed by atoms with E-state index in [-0.39, 0.29) is 18.2 Å². The van der Waals surface area contributed by atoms with Crippen molar-refractivity contribution in [3.05, 3.63) is 30.1 Å². The Bertz CT molecular complexity index is 976. The van der Waals surface area contributed by atoms with Gasteiger partial charge in [0.1, 0.15) is 5.75 Å². The molecule has 3 heterocycles. The Morgan fingerprint density at radius 2 is 1.91 bits per heavy atom. The number of benzene rings is 1. The van der Waals surface area contributed by atoms with Gasteiger partial charge in [0.15, 0.2) is 0 Å². The summed E-state index contributed by atoms with van der Waals surface area (Å²) in [4.78, 5) is 16.7. The third-order valence-corrected chi connectivity index (χ3v) is 7.43. The maximum absolute atomic E-state index is 12.5. The van der Waals surface area contributed by atoms with Crippen molar-refractivity contribution in [2.24, 2.45) is 0 Å². The Kier molecular flexibility index (Phi) is 5.84. The van der Waals surface area contributed by atoms with Gasteiger partial charge in [-0.25, -0.2) is 4.79 Å². The van der Waals surface area contributed by atoms with Gasteiger partial charge in [0.05, 0.1) is 31.1 Å². The van der Waals surface area contributed by atoms with Crippen LogP contribution in [-0.4, -0.2) is 60.2 Å². The minimum Gasteiger partial charge on any atom is -0.489 e. The lowest BCUT2D eigenvalue weighted by molar-refractivity contribution is 0.119. The average molecular weight is 439 g/mol. The van der Waals surface area contributed by atoms with Crippen molar-refractivity contribution >= 4 is 11.8 Å². The number of methoxy groups -OCH3 is 1. The predicted molar refractivity (Wildman–Crippen MR) is 124 cm³/mol. The number of piperidine rings is 1. The lowest BCUT2D eigenvalue weighted by atomic mass is 9.91. The minimum atomic E-state index is -0.309. The summed E-state index contributed by atoms with van der Waals surface area (Å²) in [6, 6.07) is 4.70. The second-order valence-electron chi connectivity index (χ2n) is 9.58. The predicted octanol–water partition coefficient (Wildman–Crippen LogP) is 4.66. The Hall–Kier alpha value is -2.54. The average Bonchev–Trinajstić information content (AvgIpc) is 3.26. The zero-order valence-electron chi connectivity index (χ0n) is 19.4. The largest absolute Gasteiger partial charge is 0.489 e. The van der Waals surface area contributed by atoms with Crippen LogP contribution >= 0.6 is 0 Å². The molecule has 172 valence electrons. The summed E-state index contributed by atoms with van der Waals surface area (Å²) in [6.45, 7) is 4.29. The van der Waals surface area contributed by atoms with E-state index in [0.717, 1.165) is 79.7 Å². The Morgan fingerprint density at radius 1 is 1.12 bits per heavy atom. The van der Waals surface area contributed by atoms with E-state index in [1.165, 1.54) is 13.5 Å². The molecule has 2 aromatic rings. The number of aromatic nitrogens is 2. The number of hydrogen-bond donors (Lipinski definition) is 0. The van der Waals surface area contributed by atoms with E-state index in [4.69, 9.17) is 14.6 Å². The normalized spacial score (nSPS) is 22.3. The molecule has 1 aromatic carbocycles. The number of likely N-dealkylation sites (tertiary alicyclic amines) is 1. The van der Waals surface area contributed by atoms with Crippen LogP contribution in [0.25, 0.3) is 11.1 Å². The number of ether oxygens (including phenoxy) is 2. The van der Waals surface area contributed by atoms with Crippen molar-refractivity contribution in [2.75, 3.05) is 32.1 Å². The van der Waals surface area contributed by atoms with E-state index in [2.05, 4.69) is 41.9 Å². The maximum Gasteiger partial charge on any atom is 0.414 e. The van der Waals surface area contributed by atoms with E-state index >= 15 is 0 Å². The molecule has 0 spiro atoms. The molecule has 1 saturated carbocycles. The summed E-state index contributed by atoms with van der Waals surface area (Å²) >= 11 is 0. The van der Waals surface area contributed by atoms with Gasteiger partial charge >= 0.3 is 6.09 Å². The zero-order chi connectivity index (χ0) is 22.2. The van der Waals surface area contributed by atoms with Crippen LogP contribution < -0.4 is 9.64 Å². The van der Waals surface area contributed by atoms with Gasteiger partial charge in [0.25, 0.3) is 0 Å². The van der Waals surface area contributed by atoms with E-state index in [1.54, 1.807) is 4.90 Å². The molecule has 7 nitrogen and oxygen atoms in total. The first-order valence-electron chi connectivity index (χ1n) is 12.0. The molecule has 1 aromatic heterocycles. The molecule has 5 rings (SSSR count). The van der Waals surface area contributed by atoms with Crippen molar-refractivity contribution in [3.63, 3.8) is 0 Å². The fraction of sp³-hybridized carbons (Fsp3) is 0.600. The van der Waals surface area contributed by atoms with Crippen LogP contribution in [0.1, 0.15) is 57.1 Å². The second kappa shape index (κ2) is 8.77. The first-order valence-corrected chi connectivity index (χ1v) is 12.0. The molecule has 0 bridgehead atoms. The van der Waals surface area contributed by atoms with Crippen molar-refractivity contribution in [3.8, 4) is 16.9 Å². The fourth-order valence-corrected chi connectivity index (χ4v) is 5.13. The first kappa shape index (κ1) is 21.3. The molecule has 1 saturated heterocycles. The molecule has 1 amide bonds. The fourth-order valence-electron chi connectivity index (χ4n) is 5.13. The van der Waals surface area contributed by atoms with Crippen LogP contribution in [0.2, 0.25) is 0 Å². The van der Waals surface area contributed by atoms with Crippen molar-refractivity contribution in [2.45, 2.75) is 70.1 Å². The minimum absolute atomic E-state index is 0.101. The molecule has 1 aliphatic carbocycles. The number of amides is 1. The highest BCUT2D eigenvalue weighted by Gasteiger charge is 2.33. The summed E-state index contributed by atoms with van der Waals surface area (Å²) in [6.07, 6.45) is 11.5. The summed E-state index contributed by atoms with van der Waals surface area (Å²) in [5.74, 6) is 0.927. The molecule has 3 aliphatic rings. The summed E-state index contributed by atoms with van der Waals surface area (Å²) in [7, 11) is 3.63. The number of carbonyl (C=O) groups is 1. The number of carbonyl (C=O) groups excluding carboxylic acids is 1. The number of rotatable bonds is 4.